The van der Waals surface area contributed by atoms with Crippen molar-refractivity contribution in [3.05, 3.63) is 0 Å². The summed E-state index contributed by atoms with van der Waals surface area (Å²) in [6, 6.07) is 0. The molecule has 0 heterocycles. The van der Waals surface area contributed by atoms with Crippen LogP contribution in [0.1, 0.15) is 39.0 Å². The van der Waals surface area contributed by atoms with E-state index in [-0.39, 0.29) is 6.10 Å². The summed E-state index contributed by atoms with van der Waals surface area (Å²) in [4.78, 5) is 10.9. The molecule has 0 spiro atoms. The SMILES string of the molecule is CC#COC(=O)OC1CCCCC1. The molecule has 0 aromatic rings. The molecule has 13 heavy (non-hydrogen) atoms. The second-order valence-corrected chi connectivity index (χ2v) is 3.08. The summed E-state index contributed by atoms with van der Waals surface area (Å²) in [5.41, 5.74) is 0. The van der Waals surface area contributed by atoms with Crippen LogP contribution in [-0.4, -0.2) is 12.3 Å². The Morgan fingerprint density at radius 2 is 2.00 bits per heavy atom. The highest BCUT2D eigenvalue weighted by Gasteiger charge is 2.17. The zero-order valence-electron chi connectivity index (χ0n) is 7.84. The summed E-state index contributed by atoms with van der Waals surface area (Å²) in [5.74, 6) is 2.46. The van der Waals surface area contributed by atoms with E-state index in [9.17, 15) is 4.79 Å². The molecule has 0 radical (unpaired) electrons. The van der Waals surface area contributed by atoms with E-state index in [0.717, 1.165) is 25.7 Å². The molecule has 1 saturated carbocycles. The number of carbonyl (C=O) groups excluding carboxylic acids is 1. The number of hydrogen-bond acceptors (Lipinski definition) is 3. The summed E-state index contributed by atoms with van der Waals surface area (Å²) in [6.07, 6.45) is 7.01. The first-order valence-corrected chi connectivity index (χ1v) is 4.62. The molecule has 0 saturated heterocycles. The van der Waals surface area contributed by atoms with Gasteiger partial charge < -0.3 is 9.47 Å². The average molecular weight is 182 g/mol. The molecular weight excluding hydrogens is 168 g/mol. The Morgan fingerprint density at radius 1 is 1.31 bits per heavy atom. The summed E-state index contributed by atoms with van der Waals surface area (Å²) in [7, 11) is 0. The second-order valence-electron chi connectivity index (χ2n) is 3.08. The van der Waals surface area contributed by atoms with Gasteiger partial charge in [-0.3, -0.25) is 0 Å². The molecule has 1 aliphatic carbocycles. The monoisotopic (exact) mass is 182 g/mol. The maximum absolute atomic E-state index is 10.9. The Hall–Kier alpha value is -1.17. The zero-order chi connectivity index (χ0) is 9.52. The molecule has 1 rings (SSSR count). The standard InChI is InChI=1S/C10H14O3/c1-2-8-12-10(11)13-9-6-4-3-5-7-9/h9H,3-7H2,1H3. The van der Waals surface area contributed by atoms with E-state index in [1.54, 1.807) is 6.92 Å². The van der Waals surface area contributed by atoms with Crippen LogP contribution in [-0.2, 0) is 9.47 Å². The molecule has 0 N–H and O–H groups in total. The average Bonchev–Trinajstić information content (AvgIpc) is 2.16. The molecule has 1 fully saturated rings. The molecular formula is C10H14O3. The molecule has 0 aliphatic heterocycles. The van der Waals surface area contributed by atoms with Crippen molar-refractivity contribution in [1.29, 1.82) is 0 Å². The molecule has 0 bridgehead atoms. The van der Waals surface area contributed by atoms with Crippen LogP contribution in [0.25, 0.3) is 0 Å². The van der Waals surface area contributed by atoms with Gasteiger partial charge in [0.05, 0.1) is 0 Å². The minimum Gasteiger partial charge on any atom is -0.430 e. The third-order valence-corrected chi connectivity index (χ3v) is 2.05. The predicted molar refractivity (Wildman–Crippen MR) is 47.9 cm³/mol. The number of rotatable bonds is 1. The van der Waals surface area contributed by atoms with Crippen LogP contribution in [0.15, 0.2) is 0 Å². The number of hydrogen-bond donors (Lipinski definition) is 0. The lowest BCUT2D eigenvalue weighted by Gasteiger charge is -2.20. The normalized spacial score (nSPS) is 17.0. The smallest absolute Gasteiger partial charge is 0.430 e. The van der Waals surface area contributed by atoms with Crippen LogP contribution in [0.2, 0.25) is 0 Å². The number of carbonyl (C=O) groups is 1. The lowest BCUT2D eigenvalue weighted by atomic mass is 9.98. The van der Waals surface area contributed by atoms with Crippen LogP contribution >= 0.6 is 0 Å². The minimum absolute atomic E-state index is 0.0416. The van der Waals surface area contributed by atoms with Gasteiger partial charge in [0, 0.05) is 6.92 Å². The van der Waals surface area contributed by atoms with Crippen LogP contribution < -0.4 is 0 Å². The van der Waals surface area contributed by atoms with Crippen LogP contribution in [0.5, 0.6) is 0 Å². The molecule has 3 heteroatoms. The van der Waals surface area contributed by atoms with E-state index in [1.807, 2.05) is 0 Å². The fraction of sp³-hybridized carbons (Fsp3) is 0.700. The highest BCUT2D eigenvalue weighted by atomic mass is 16.7. The molecule has 0 aromatic carbocycles. The van der Waals surface area contributed by atoms with Crippen LogP contribution in [0.3, 0.4) is 0 Å². The Bertz CT molecular complexity index is 218. The van der Waals surface area contributed by atoms with Crippen LogP contribution in [0, 0.1) is 12.0 Å². The third-order valence-electron chi connectivity index (χ3n) is 2.05. The summed E-state index contributed by atoms with van der Waals surface area (Å²) in [5, 5.41) is 0. The van der Waals surface area contributed by atoms with Gasteiger partial charge in [-0.2, -0.15) is 0 Å². The summed E-state index contributed by atoms with van der Waals surface area (Å²) in [6.45, 7) is 1.61. The topological polar surface area (TPSA) is 35.5 Å². The van der Waals surface area contributed by atoms with Gasteiger partial charge in [-0.1, -0.05) is 12.3 Å². The molecule has 0 unspecified atom stereocenters. The van der Waals surface area contributed by atoms with Gasteiger partial charge in [-0.25, -0.2) is 4.79 Å². The first-order chi connectivity index (χ1) is 6.33. The zero-order valence-corrected chi connectivity index (χ0v) is 7.84. The summed E-state index contributed by atoms with van der Waals surface area (Å²) >= 11 is 0. The lowest BCUT2D eigenvalue weighted by molar-refractivity contribution is 0.0352. The molecule has 1 aliphatic rings. The van der Waals surface area contributed by atoms with E-state index >= 15 is 0 Å². The quantitative estimate of drug-likeness (QED) is 0.461. The van der Waals surface area contributed by atoms with E-state index in [1.165, 1.54) is 6.42 Å². The third kappa shape index (κ3) is 3.84. The van der Waals surface area contributed by atoms with Gasteiger partial charge in [0.25, 0.3) is 0 Å². The molecule has 0 aromatic heterocycles. The Morgan fingerprint density at radius 3 is 2.62 bits per heavy atom. The van der Waals surface area contributed by atoms with Crippen molar-refractivity contribution in [2.45, 2.75) is 45.1 Å². The van der Waals surface area contributed by atoms with Gasteiger partial charge in [0.2, 0.25) is 0 Å². The maximum atomic E-state index is 10.9. The largest absolute Gasteiger partial charge is 0.522 e. The van der Waals surface area contributed by atoms with Crippen molar-refractivity contribution in [1.82, 2.24) is 0 Å². The highest BCUT2D eigenvalue weighted by Crippen LogP contribution is 2.20. The summed E-state index contributed by atoms with van der Waals surface area (Å²) < 4.78 is 9.50. The first kappa shape index (κ1) is 9.91. The van der Waals surface area contributed by atoms with Gasteiger partial charge in [-0.15, -0.1) is 0 Å². The van der Waals surface area contributed by atoms with Crippen molar-refractivity contribution in [2.24, 2.45) is 0 Å². The van der Waals surface area contributed by atoms with E-state index in [2.05, 4.69) is 16.8 Å². The van der Waals surface area contributed by atoms with Crippen molar-refractivity contribution < 1.29 is 14.3 Å². The number of ether oxygens (including phenoxy) is 2. The fourth-order valence-corrected chi connectivity index (χ4v) is 1.44. The Labute approximate surface area is 78.4 Å². The van der Waals surface area contributed by atoms with Crippen LogP contribution in [0.4, 0.5) is 4.79 Å². The molecule has 0 amide bonds. The lowest BCUT2D eigenvalue weighted by Crippen LogP contribution is -2.20. The second kappa shape index (κ2) is 5.47. The van der Waals surface area contributed by atoms with Crippen molar-refractivity contribution >= 4 is 6.16 Å². The molecule has 72 valence electrons. The first-order valence-electron chi connectivity index (χ1n) is 4.62. The maximum Gasteiger partial charge on any atom is 0.522 e. The van der Waals surface area contributed by atoms with Gasteiger partial charge in [0.15, 0.2) is 0 Å². The highest BCUT2D eigenvalue weighted by molar-refractivity contribution is 5.61. The van der Waals surface area contributed by atoms with Gasteiger partial charge >= 0.3 is 6.16 Å². The van der Waals surface area contributed by atoms with Gasteiger partial charge in [0.1, 0.15) is 12.2 Å². The van der Waals surface area contributed by atoms with E-state index in [4.69, 9.17) is 4.74 Å². The van der Waals surface area contributed by atoms with E-state index in [0.29, 0.717) is 0 Å². The Kier molecular flexibility index (Phi) is 4.17. The molecule has 3 nitrogen and oxygen atoms in total. The Balaban J connectivity index is 2.20. The van der Waals surface area contributed by atoms with Crippen molar-refractivity contribution in [2.75, 3.05) is 0 Å². The predicted octanol–water partition coefficient (Wildman–Crippen LogP) is 2.45. The van der Waals surface area contributed by atoms with E-state index < -0.39 is 6.16 Å². The minimum atomic E-state index is -0.666. The van der Waals surface area contributed by atoms with Gasteiger partial charge in [-0.05, 0) is 25.7 Å². The van der Waals surface area contributed by atoms with Crippen molar-refractivity contribution in [3.63, 3.8) is 0 Å². The fourth-order valence-electron chi connectivity index (χ4n) is 1.44. The van der Waals surface area contributed by atoms with Crippen molar-refractivity contribution in [3.8, 4) is 12.0 Å². The molecule has 0 atom stereocenters.